The normalized spacial score (nSPS) is 24.3. The van der Waals surface area contributed by atoms with Gasteiger partial charge >= 0.3 is 0 Å². The zero-order valence-corrected chi connectivity index (χ0v) is 13.2. The van der Waals surface area contributed by atoms with Crippen molar-refractivity contribution in [2.24, 2.45) is 0 Å². The van der Waals surface area contributed by atoms with E-state index in [4.69, 9.17) is 4.74 Å². The number of sulfonamides is 1. The Labute approximate surface area is 126 Å². The van der Waals surface area contributed by atoms with Crippen molar-refractivity contribution in [3.05, 3.63) is 29.3 Å². The van der Waals surface area contributed by atoms with Crippen molar-refractivity contribution in [3.8, 4) is 0 Å². The monoisotopic (exact) mass is 310 g/mol. The minimum absolute atomic E-state index is 0.0523. The number of rotatable bonds is 2. The molecule has 21 heavy (non-hydrogen) atoms. The molecule has 0 saturated carbocycles. The third-order valence-corrected chi connectivity index (χ3v) is 6.08. The number of hydrogen-bond donors (Lipinski definition) is 1. The first kappa shape index (κ1) is 15.0. The number of nitrogens with zero attached hydrogens (tertiary/aromatic N) is 1. The van der Waals surface area contributed by atoms with Crippen LogP contribution in [0, 0.1) is 0 Å². The molecule has 0 aromatic heterocycles. The van der Waals surface area contributed by atoms with Crippen LogP contribution in [0.3, 0.4) is 0 Å². The van der Waals surface area contributed by atoms with Gasteiger partial charge in [-0.25, -0.2) is 8.42 Å². The first-order valence-corrected chi connectivity index (χ1v) is 8.96. The Morgan fingerprint density at radius 3 is 3.10 bits per heavy atom. The summed E-state index contributed by atoms with van der Waals surface area (Å²) in [5.74, 6) is 0. The molecule has 0 amide bonds. The zero-order valence-electron chi connectivity index (χ0n) is 12.3. The Kier molecular flexibility index (Phi) is 4.31. The number of benzene rings is 1. The van der Waals surface area contributed by atoms with E-state index in [-0.39, 0.29) is 6.10 Å². The summed E-state index contributed by atoms with van der Waals surface area (Å²) < 4.78 is 33.2. The second-order valence-corrected chi connectivity index (χ2v) is 7.62. The highest BCUT2D eigenvalue weighted by Crippen LogP contribution is 2.26. The van der Waals surface area contributed by atoms with Gasteiger partial charge in [-0.1, -0.05) is 12.1 Å². The highest BCUT2D eigenvalue weighted by atomic mass is 32.2. The van der Waals surface area contributed by atoms with Gasteiger partial charge < -0.3 is 10.1 Å². The molecule has 0 aliphatic carbocycles. The largest absolute Gasteiger partial charge is 0.377 e. The third kappa shape index (κ3) is 2.99. The quantitative estimate of drug-likeness (QED) is 0.890. The van der Waals surface area contributed by atoms with Crippen molar-refractivity contribution in [1.29, 1.82) is 0 Å². The molecule has 1 aromatic rings. The Morgan fingerprint density at radius 2 is 2.24 bits per heavy atom. The average molecular weight is 310 g/mol. The van der Waals surface area contributed by atoms with Crippen LogP contribution in [0.15, 0.2) is 23.1 Å². The number of nitrogens with one attached hydrogen (secondary N) is 1. The summed E-state index contributed by atoms with van der Waals surface area (Å²) in [7, 11) is -3.43. The van der Waals surface area contributed by atoms with E-state index in [2.05, 4.69) is 5.32 Å². The lowest BCUT2D eigenvalue weighted by Gasteiger charge is -2.25. The number of fused-ring (bicyclic) bond motifs is 1. The van der Waals surface area contributed by atoms with E-state index in [9.17, 15) is 8.42 Å². The van der Waals surface area contributed by atoms with E-state index in [0.717, 1.165) is 37.1 Å². The second kappa shape index (κ2) is 6.04. The molecule has 1 N–H and O–H groups in total. The Hall–Kier alpha value is -0.950. The maximum absolute atomic E-state index is 13.0. The second-order valence-electron chi connectivity index (χ2n) is 5.72. The van der Waals surface area contributed by atoms with Crippen LogP contribution in [0.25, 0.3) is 0 Å². The number of hydrogen-bond acceptors (Lipinski definition) is 4. The molecule has 116 valence electrons. The summed E-state index contributed by atoms with van der Waals surface area (Å²) in [6, 6.07) is 5.60. The molecule has 1 saturated heterocycles. The fourth-order valence-electron chi connectivity index (χ4n) is 3.05. The minimum atomic E-state index is -3.43. The Balaban J connectivity index is 1.98. The molecule has 0 spiro atoms. The van der Waals surface area contributed by atoms with Crippen LogP contribution in [0.1, 0.15) is 24.5 Å². The van der Waals surface area contributed by atoms with Gasteiger partial charge in [0.15, 0.2) is 0 Å². The lowest BCUT2D eigenvalue weighted by atomic mass is 10.0. The summed E-state index contributed by atoms with van der Waals surface area (Å²) in [5.41, 5.74) is 2.08. The van der Waals surface area contributed by atoms with Gasteiger partial charge in [-0.15, -0.1) is 0 Å². The molecule has 5 nitrogen and oxygen atoms in total. The van der Waals surface area contributed by atoms with Crippen molar-refractivity contribution >= 4 is 10.0 Å². The summed E-state index contributed by atoms with van der Waals surface area (Å²) in [6.07, 6.45) is 1.47. The average Bonchev–Trinajstić information content (AvgIpc) is 2.71. The van der Waals surface area contributed by atoms with Gasteiger partial charge in [0.25, 0.3) is 0 Å². The van der Waals surface area contributed by atoms with Gasteiger partial charge in [0.05, 0.1) is 11.0 Å². The molecule has 1 unspecified atom stereocenters. The molecular formula is C15H22N2O3S. The van der Waals surface area contributed by atoms with Crippen LogP contribution >= 0.6 is 0 Å². The van der Waals surface area contributed by atoms with E-state index in [1.165, 1.54) is 0 Å². The zero-order chi connectivity index (χ0) is 14.9. The summed E-state index contributed by atoms with van der Waals surface area (Å²) in [4.78, 5) is 0.482. The molecule has 2 aliphatic rings. The van der Waals surface area contributed by atoms with E-state index < -0.39 is 10.0 Å². The fourth-order valence-corrected chi connectivity index (χ4v) is 4.90. The Bertz CT molecular complexity index is 615. The SMILES string of the molecule is CC1CN(S(=O)(=O)c2cccc3c2CCNC3)CCCO1. The molecule has 2 aliphatic heterocycles. The van der Waals surface area contributed by atoms with Crippen LogP contribution in [0.4, 0.5) is 0 Å². The van der Waals surface area contributed by atoms with Gasteiger partial charge in [0, 0.05) is 26.2 Å². The summed E-state index contributed by atoms with van der Waals surface area (Å²) >= 11 is 0. The molecule has 1 aromatic carbocycles. The van der Waals surface area contributed by atoms with Crippen molar-refractivity contribution in [3.63, 3.8) is 0 Å². The molecule has 0 bridgehead atoms. The molecule has 2 heterocycles. The first-order valence-electron chi connectivity index (χ1n) is 7.52. The van der Waals surface area contributed by atoms with Gasteiger partial charge in [-0.2, -0.15) is 4.31 Å². The lowest BCUT2D eigenvalue weighted by molar-refractivity contribution is 0.0752. The standard InChI is InChI=1S/C15H22N2O3S/c1-12-11-17(8-3-9-20-12)21(18,19)15-5-2-4-13-10-16-7-6-14(13)15/h2,4-5,12,16H,3,6-11H2,1H3. The molecular weight excluding hydrogens is 288 g/mol. The highest BCUT2D eigenvalue weighted by molar-refractivity contribution is 7.89. The Morgan fingerprint density at radius 1 is 1.38 bits per heavy atom. The van der Waals surface area contributed by atoms with E-state index in [1.807, 2.05) is 19.1 Å². The van der Waals surface area contributed by atoms with Crippen LogP contribution in [0.2, 0.25) is 0 Å². The third-order valence-electron chi connectivity index (χ3n) is 4.13. The predicted octanol–water partition coefficient (Wildman–Crippen LogP) is 1.13. The fraction of sp³-hybridized carbons (Fsp3) is 0.600. The van der Waals surface area contributed by atoms with Crippen LogP contribution in [0.5, 0.6) is 0 Å². The number of ether oxygens (including phenoxy) is 1. The predicted molar refractivity (Wildman–Crippen MR) is 80.6 cm³/mol. The van der Waals surface area contributed by atoms with Crippen LogP contribution in [-0.2, 0) is 27.7 Å². The van der Waals surface area contributed by atoms with Crippen LogP contribution in [-0.4, -0.2) is 45.1 Å². The van der Waals surface area contributed by atoms with Gasteiger partial charge in [-0.3, -0.25) is 0 Å². The summed E-state index contributed by atoms with van der Waals surface area (Å²) in [5, 5.41) is 3.29. The summed E-state index contributed by atoms with van der Waals surface area (Å²) in [6.45, 7) is 5.11. The topological polar surface area (TPSA) is 58.6 Å². The first-order chi connectivity index (χ1) is 10.1. The molecule has 6 heteroatoms. The maximum Gasteiger partial charge on any atom is 0.243 e. The van der Waals surface area contributed by atoms with Gasteiger partial charge in [0.2, 0.25) is 10.0 Å². The van der Waals surface area contributed by atoms with Crippen molar-refractivity contribution in [2.45, 2.75) is 37.3 Å². The van der Waals surface area contributed by atoms with E-state index in [0.29, 0.717) is 24.6 Å². The van der Waals surface area contributed by atoms with Gasteiger partial charge in [0.1, 0.15) is 0 Å². The van der Waals surface area contributed by atoms with Crippen LogP contribution < -0.4 is 5.32 Å². The van der Waals surface area contributed by atoms with Crippen molar-refractivity contribution < 1.29 is 13.2 Å². The molecule has 3 rings (SSSR count). The van der Waals surface area contributed by atoms with Crippen molar-refractivity contribution in [2.75, 3.05) is 26.2 Å². The van der Waals surface area contributed by atoms with Crippen molar-refractivity contribution in [1.82, 2.24) is 9.62 Å². The minimum Gasteiger partial charge on any atom is -0.377 e. The van der Waals surface area contributed by atoms with E-state index in [1.54, 1.807) is 10.4 Å². The molecule has 1 atom stereocenters. The van der Waals surface area contributed by atoms with Gasteiger partial charge in [-0.05, 0) is 43.5 Å². The highest BCUT2D eigenvalue weighted by Gasteiger charge is 2.30. The molecule has 1 fully saturated rings. The molecule has 0 radical (unpaired) electrons. The van der Waals surface area contributed by atoms with E-state index >= 15 is 0 Å². The smallest absolute Gasteiger partial charge is 0.243 e. The maximum atomic E-state index is 13.0. The lowest BCUT2D eigenvalue weighted by Crippen LogP contribution is -2.37.